The summed E-state index contributed by atoms with van der Waals surface area (Å²) in [5.41, 5.74) is 5.34. The van der Waals surface area contributed by atoms with Crippen LogP contribution in [0.2, 0.25) is 5.02 Å². The van der Waals surface area contributed by atoms with Crippen LogP contribution in [0.15, 0.2) is 39.1 Å². The van der Waals surface area contributed by atoms with Crippen molar-refractivity contribution in [3.8, 4) is 0 Å². The zero-order valence-electron chi connectivity index (χ0n) is 15.4. The van der Waals surface area contributed by atoms with E-state index in [0.29, 0.717) is 10.2 Å². The van der Waals surface area contributed by atoms with E-state index >= 15 is 0 Å². The second-order valence-electron chi connectivity index (χ2n) is 6.83. The molecule has 1 aromatic carbocycles. The molecule has 31 heavy (non-hydrogen) atoms. The lowest BCUT2D eigenvalue weighted by Gasteiger charge is -2.32. The number of nitrogen functional groups attached to an aromatic ring is 1. The first-order valence-electron chi connectivity index (χ1n) is 8.92. The molecular formula is C16H15ClN5O6PS2. The van der Waals surface area contributed by atoms with E-state index in [1.165, 1.54) is 16.3 Å². The van der Waals surface area contributed by atoms with E-state index in [1.807, 2.05) is 0 Å². The molecule has 164 valence electrons. The molecule has 5 rings (SSSR count). The minimum Gasteiger partial charge on any atom is -0.622 e. The zero-order chi connectivity index (χ0) is 21.9. The van der Waals surface area contributed by atoms with Crippen LogP contribution in [0, 0.1) is 0 Å². The molecule has 5 atom stereocenters. The summed E-state index contributed by atoms with van der Waals surface area (Å²) in [6.07, 6.45) is -3.98. The van der Waals surface area contributed by atoms with Crippen molar-refractivity contribution in [3.63, 3.8) is 0 Å². The Kier molecular flexibility index (Phi) is 5.44. The summed E-state index contributed by atoms with van der Waals surface area (Å²) in [6.45, 7) is -0.0819. The van der Waals surface area contributed by atoms with Gasteiger partial charge in [0.1, 0.15) is 18.8 Å². The van der Waals surface area contributed by atoms with Gasteiger partial charge in [0.2, 0.25) is 5.95 Å². The third kappa shape index (κ3) is 3.94. The number of aromatic nitrogens is 4. The number of hydrogen-bond donors (Lipinski definition) is 4. The SMILES string of the molecule is Nc1nc2c(nc(Sc3ccc(Cl)cc3)n2[C@@H]2OC3CO[P+]([O-])(S)O[C@@H]3C2O)c(=O)[nH]1. The molecule has 2 saturated heterocycles. The molecular weight excluding hydrogens is 489 g/mol. The van der Waals surface area contributed by atoms with E-state index in [0.717, 1.165) is 4.90 Å². The molecule has 3 aromatic rings. The molecule has 15 heteroatoms. The standard InChI is InChI=1S/C16H15ClN5O6PS2/c17-6-1-3-7(4-2-6)31-16-19-9-12(20-15(18)21-13(9)24)22(16)14-10(23)11-8(27-14)5-26-29(25,30)28-11/h1-4,8,10-11,14,23H,5H2,(H,25,30)(H3,18,20,21,24)/t8?,10?,11-,14+,29?/m0/s1. The zero-order valence-corrected chi connectivity index (χ0v) is 18.8. The van der Waals surface area contributed by atoms with Gasteiger partial charge in [-0.3, -0.25) is 14.3 Å². The average molecular weight is 504 g/mol. The fourth-order valence-electron chi connectivity index (χ4n) is 3.44. The lowest BCUT2D eigenvalue weighted by Crippen LogP contribution is -2.41. The minimum absolute atomic E-state index is 0.0216. The Morgan fingerprint density at radius 2 is 2.13 bits per heavy atom. The van der Waals surface area contributed by atoms with Gasteiger partial charge in [-0.1, -0.05) is 23.4 Å². The second-order valence-corrected chi connectivity index (χ2v) is 11.2. The number of benzene rings is 1. The van der Waals surface area contributed by atoms with Crippen LogP contribution in [-0.2, 0) is 13.8 Å². The van der Waals surface area contributed by atoms with Crippen LogP contribution in [0.25, 0.3) is 11.2 Å². The molecule has 0 saturated carbocycles. The van der Waals surface area contributed by atoms with Crippen molar-refractivity contribution in [2.75, 3.05) is 12.3 Å². The Morgan fingerprint density at radius 3 is 2.87 bits per heavy atom. The molecule has 11 nitrogen and oxygen atoms in total. The van der Waals surface area contributed by atoms with Gasteiger partial charge in [-0.15, -0.1) is 0 Å². The fourth-order valence-corrected chi connectivity index (χ4v) is 5.96. The molecule has 0 spiro atoms. The minimum atomic E-state index is -3.61. The number of aliphatic hydroxyl groups excluding tert-OH is 1. The van der Waals surface area contributed by atoms with Crippen molar-refractivity contribution in [3.05, 3.63) is 39.6 Å². The Labute approximate surface area is 189 Å². The van der Waals surface area contributed by atoms with Gasteiger partial charge in [0.25, 0.3) is 12.7 Å². The molecule has 2 aliphatic rings. The number of nitrogens with two attached hydrogens (primary N) is 1. The number of nitrogens with one attached hydrogen (secondary N) is 1. The van der Waals surface area contributed by atoms with E-state index in [2.05, 4.69) is 27.2 Å². The average Bonchev–Trinajstić information content (AvgIpc) is 3.20. The van der Waals surface area contributed by atoms with Crippen molar-refractivity contribution in [1.29, 1.82) is 0 Å². The van der Waals surface area contributed by atoms with Crippen molar-refractivity contribution in [2.24, 2.45) is 0 Å². The van der Waals surface area contributed by atoms with Crippen LogP contribution >= 0.6 is 42.8 Å². The van der Waals surface area contributed by atoms with E-state index in [9.17, 15) is 14.8 Å². The van der Waals surface area contributed by atoms with Gasteiger partial charge in [-0.05, 0) is 24.3 Å². The van der Waals surface area contributed by atoms with Gasteiger partial charge in [-0.2, -0.15) is 14.0 Å². The number of H-pyrrole nitrogens is 1. The van der Waals surface area contributed by atoms with Crippen LogP contribution < -0.4 is 16.2 Å². The second kappa shape index (κ2) is 7.87. The lowest BCUT2D eigenvalue weighted by molar-refractivity contribution is -0.229. The van der Waals surface area contributed by atoms with Crippen LogP contribution in [0.1, 0.15) is 6.23 Å². The van der Waals surface area contributed by atoms with Crippen LogP contribution in [0.5, 0.6) is 0 Å². The molecule has 0 amide bonds. The summed E-state index contributed by atoms with van der Waals surface area (Å²) in [6, 6.07) is 6.99. The number of halogens is 1. The van der Waals surface area contributed by atoms with Gasteiger partial charge in [0.05, 0.1) is 12.2 Å². The summed E-state index contributed by atoms with van der Waals surface area (Å²) in [7, 11) is -3.61. The highest BCUT2D eigenvalue weighted by molar-refractivity contribution is 8.46. The number of rotatable bonds is 3. The van der Waals surface area contributed by atoms with E-state index in [-0.39, 0.29) is 23.7 Å². The largest absolute Gasteiger partial charge is 0.622 e. The first kappa shape index (κ1) is 21.4. The fraction of sp³-hybridized carbons (Fsp3) is 0.312. The highest BCUT2D eigenvalue weighted by Gasteiger charge is 2.55. The number of imidazole rings is 1. The van der Waals surface area contributed by atoms with Gasteiger partial charge in [0.15, 0.2) is 28.7 Å². The molecule has 2 fully saturated rings. The Morgan fingerprint density at radius 1 is 1.39 bits per heavy atom. The quantitative estimate of drug-likeness (QED) is 0.301. The monoisotopic (exact) mass is 503 g/mol. The van der Waals surface area contributed by atoms with Crippen molar-refractivity contribution < 1.29 is 23.8 Å². The molecule has 3 unspecified atom stereocenters. The lowest BCUT2D eigenvalue weighted by atomic mass is 10.1. The van der Waals surface area contributed by atoms with Gasteiger partial charge >= 0.3 is 0 Å². The first-order chi connectivity index (χ1) is 14.7. The Balaban J connectivity index is 1.61. The third-order valence-corrected chi connectivity index (χ3v) is 7.62. The molecule has 0 aliphatic carbocycles. The Hall–Kier alpha value is -1.41. The number of anilines is 1. The predicted octanol–water partition coefficient (Wildman–Crippen LogP) is 1.15. The van der Waals surface area contributed by atoms with Crippen molar-refractivity contribution >= 4 is 59.9 Å². The number of ether oxygens (including phenoxy) is 1. The molecule has 0 radical (unpaired) electrons. The first-order valence-corrected chi connectivity index (χ1v) is 12.8. The molecule has 2 aromatic heterocycles. The van der Waals surface area contributed by atoms with Crippen LogP contribution in [0.4, 0.5) is 5.95 Å². The maximum Gasteiger partial charge on any atom is 0.296 e. The number of hydrogen-bond acceptors (Lipinski definition) is 11. The predicted molar refractivity (Wildman–Crippen MR) is 115 cm³/mol. The van der Waals surface area contributed by atoms with Gasteiger partial charge in [0, 0.05) is 9.92 Å². The van der Waals surface area contributed by atoms with E-state index in [4.69, 9.17) is 31.1 Å². The maximum atomic E-state index is 12.4. The van der Waals surface area contributed by atoms with Gasteiger partial charge in [-0.25, -0.2) is 4.98 Å². The molecule has 0 bridgehead atoms. The number of aliphatic hydroxyl groups is 1. The topological polar surface area (TPSA) is 161 Å². The highest BCUT2D eigenvalue weighted by Crippen LogP contribution is 2.62. The van der Waals surface area contributed by atoms with Crippen molar-refractivity contribution in [2.45, 2.75) is 34.6 Å². The number of nitrogens with zero attached hydrogens (tertiary/aromatic N) is 3. The van der Waals surface area contributed by atoms with Crippen LogP contribution in [-0.4, -0.2) is 49.5 Å². The Bertz CT molecular complexity index is 1210. The summed E-state index contributed by atoms with van der Waals surface area (Å²) in [5, 5.41) is 11.8. The van der Waals surface area contributed by atoms with E-state index in [1.54, 1.807) is 24.3 Å². The maximum absolute atomic E-state index is 12.4. The van der Waals surface area contributed by atoms with Crippen LogP contribution in [0.3, 0.4) is 0 Å². The summed E-state index contributed by atoms with van der Waals surface area (Å²) >= 11 is 11.0. The summed E-state index contributed by atoms with van der Waals surface area (Å²) < 4.78 is 17.8. The van der Waals surface area contributed by atoms with E-state index < -0.39 is 37.2 Å². The number of thiol groups is 1. The van der Waals surface area contributed by atoms with Gasteiger partial charge < -0.3 is 20.5 Å². The molecule has 4 heterocycles. The summed E-state index contributed by atoms with van der Waals surface area (Å²) in [5.74, 6) is -0.119. The summed E-state index contributed by atoms with van der Waals surface area (Å²) in [4.78, 5) is 36.3. The molecule has 2 aliphatic heterocycles. The number of fused-ring (bicyclic) bond motifs is 2. The molecule has 4 N–H and O–H groups in total. The normalized spacial score (nSPS) is 30.6. The smallest absolute Gasteiger partial charge is 0.296 e. The third-order valence-electron chi connectivity index (χ3n) is 4.78. The number of aromatic amines is 1. The van der Waals surface area contributed by atoms with Crippen molar-refractivity contribution in [1.82, 2.24) is 19.5 Å². The highest BCUT2D eigenvalue weighted by atomic mass is 35.5.